The van der Waals surface area contributed by atoms with E-state index < -0.39 is 0 Å². The van der Waals surface area contributed by atoms with Gasteiger partial charge in [0.1, 0.15) is 0 Å². The van der Waals surface area contributed by atoms with E-state index in [2.05, 4.69) is 0 Å². The van der Waals surface area contributed by atoms with Crippen LogP contribution in [0, 0.1) is 5.92 Å². The summed E-state index contributed by atoms with van der Waals surface area (Å²) in [4.78, 5) is 0. The molecule has 0 heterocycles. The van der Waals surface area contributed by atoms with Gasteiger partial charge >= 0.3 is 0 Å². The van der Waals surface area contributed by atoms with Crippen molar-refractivity contribution in [1.82, 2.24) is 0 Å². The van der Waals surface area contributed by atoms with Gasteiger partial charge in [0.25, 0.3) is 0 Å². The summed E-state index contributed by atoms with van der Waals surface area (Å²) in [6, 6.07) is 0. The summed E-state index contributed by atoms with van der Waals surface area (Å²) >= 11 is 0. The maximum Gasteiger partial charge on any atom is 0.0481 e. The topological polar surface area (TPSA) is 49.7 Å². The van der Waals surface area contributed by atoms with E-state index in [1.165, 1.54) is 0 Å². The Bertz CT molecular complexity index is 55.3. The molecular weight excluding hydrogens is 156 g/mol. The van der Waals surface area contributed by atoms with Crippen molar-refractivity contribution in [2.75, 3.05) is 26.4 Å². The second-order valence-electron chi connectivity index (χ2n) is 2.42. The van der Waals surface area contributed by atoms with Crippen LogP contribution < -0.4 is 0 Å². The average molecular weight is 178 g/mol. The smallest absolute Gasteiger partial charge is 0.0481 e. The molecule has 2 N–H and O–H groups in total. The fraction of sp³-hybridized carbons (Fsp3) is 1.00. The third kappa shape index (κ3) is 12.5. The van der Waals surface area contributed by atoms with Crippen molar-refractivity contribution in [3.63, 3.8) is 0 Å². The third-order valence-electron chi connectivity index (χ3n) is 1.50. The molecule has 0 aromatic heterocycles. The van der Waals surface area contributed by atoms with Crippen molar-refractivity contribution in [1.29, 1.82) is 0 Å². The Morgan fingerprint density at radius 1 is 1.00 bits per heavy atom. The maximum absolute atomic E-state index is 8.37. The molecule has 0 aromatic rings. The number of aliphatic hydroxyl groups excluding tert-OH is 2. The Labute approximate surface area is 75.4 Å². The number of aliphatic hydroxyl groups is 2. The predicted octanol–water partition coefficient (Wildman–Crippen LogP) is 1.04. The van der Waals surface area contributed by atoms with Gasteiger partial charge in [-0.1, -0.05) is 6.92 Å². The van der Waals surface area contributed by atoms with Crippen molar-refractivity contribution in [3.8, 4) is 0 Å². The monoisotopic (exact) mass is 178 g/mol. The summed E-state index contributed by atoms with van der Waals surface area (Å²) in [6.45, 7) is 7.82. The Morgan fingerprint density at radius 3 is 1.42 bits per heavy atom. The van der Waals surface area contributed by atoms with Gasteiger partial charge in [0, 0.05) is 32.3 Å². The highest BCUT2D eigenvalue weighted by molar-refractivity contribution is 4.49. The lowest BCUT2D eigenvalue weighted by molar-refractivity contribution is 0.147. The van der Waals surface area contributed by atoms with Gasteiger partial charge in [-0.05, 0) is 20.3 Å². The molecule has 0 unspecified atom stereocenters. The zero-order chi connectivity index (χ0) is 9.82. The van der Waals surface area contributed by atoms with Crippen molar-refractivity contribution in [2.24, 2.45) is 5.92 Å². The number of hydrogen-bond acceptors (Lipinski definition) is 3. The van der Waals surface area contributed by atoms with Gasteiger partial charge in [-0.25, -0.2) is 0 Å². The Kier molecular flexibility index (Phi) is 16.2. The lowest BCUT2D eigenvalue weighted by Crippen LogP contribution is -2.08. The van der Waals surface area contributed by atoms with Crippen molar-refractivity contribution in [2.45, 2.75) is 27.2 Å². The molecule has 0 aliphatic heterocycles. The summed E-state index contributed by atoms with van der Waals surface area (Å²) in [6.07, 6.45) is 0.854. The van der Waals surface area contributed by atoms with Crippen LogP contribution in [0.2, 0.25) is 0 Å². The number of ether oxygens (including phenoxy) is 1. The average Bonchev–Trinajstić information content (AvgIpc) is 2.10. The van der Waals surface area contributed by atoms with Gasteiger partial charge in [-0.2, -0.15) is 0 Å². The molecule has 0 aromatic carbocycles. The van der Waals surface area contributed by atoms with Crippen LogP contribution in [0.25, 0.3) is 0 Å². The zero-order valence-corrected chi connectivity index (χ0v) is 8.42. The maximum atomic E-state index is 8.37. The molecule has 0 atom stereocenters. The van der Waals surface area contributed by atoms with Crippen molar-refractivity contribution >= 4 is 0 Å². The van der Waals surface area contributed by atoms with Crippen molar-refractivity contribution < 1.29 is 14.9 Å². The molecule has 3 heteroatoms. The summed E-state index contributed by atoms with van der Waals surface area (Å²) in [5.41, 5.74) is 0. The third-order valence-corrected chi connectivity index (χ3v) is 1.50. The molecule has 0 fully saturated rings. The molecule has 0 rings (SSSR count). The summed E-state index contributed by atoms with van der Waals surface area (Å²) in [5.74, 6) is 0.0972. The van der Waals surface area contributed by atoms with Crippen molar-refractivity contribution in [3.05, 3.63) is 0 Å². The van der Waals surface area contributed by atoms with Gasteiger partial charge in [-0.15, -0.1) is 0 Å². The first-order valence-electron chi connectivity index (χ1n) is 4.56. The van der Waals surface area contributed by atoms with Crippen LogP contribution in [-0.4, -0.2) is 36.6 Å². The number of rotatable bonds is 5. The van der Waals surface area contributed by atoms with Crippen LogP contribution in [-0.2, 0) is 4.74 Å². The van der Waals surface area contributed by atoms with E-state index in [9.17, 15) is 0 Å². The van der Waals surface area contributed by atoms with Gasteiger partial charge < -0.3 is 14.9 Å². The molecule has 0 spiro atoms. The minimum atomic E-state index is 0.0972. The van der Waals surface area contributed by atoms with Crippen LogP contribution in [0.1, 0.15) is 27.2 Å². The Morgan fingerprint density at radius 2 is 1.42 bits per heavy atom. The second kappa shape index (κ2) is 13.5. The molecular formula is C9H22O3. The van der Waals surface area contributed by atoms with Gasteiger partial charge in [0.05, 0.1) is 0 Å². The molecule has 0 aliphatic carbocycles. The molecule has 0 saturated heterocycles. The highest BCUT2D eigenvalue weighted by Gasteiger charge is 1.98. The summed E-state index contributed by atoms with van der Waals surface area (Å²) < 4.78 is 4.83. The van der Waals surface area contributed by atoms with Gasteiger partial charge in [0.2, 0.25) is 0 Å². The van der Waals surface area contributed by atoms with E-state index in [4.69, 9.17) is 14.9 Å². The summed E-state index contributed by atoms with van der Waals surface area (Å²) in [5, 5.41) is 16.7. The highest BCUT2D eigenvalue weighted by Crippen LogP contribution is 1.96. The molecule has 0 amide bonds. The van der Waals surface area contributed by atoms with Crippen LogP contribution >= 0.6 is 0 Å². The fourth-order valence-corrected chi connectivity index (χ4v) is 0.520. The quantitative estimate of drug-likeness (QED) is 0.661. The SMILES string of the molecule is CCC(CO)CO.CCOCC. The molecule has 0 bridgehead atoms. The number of hydrogen-bond donors (Lipinski definition) is 2. The van der Waals surface area contributed by atoms with Crippen LogP contribution in [0.15, 0.2) is 0 Å². The first-order valence-corrected chi connectivity index (χ1v) is 4.56. The second-order valence-corrected chi connectivity index (χ2v) is 2.42. The largest absolute Gasteiger partial charge is 0.396 e. The zero-order valence-electron chi connectivity index (χ0n) is 8.42. The molecule has 0 radical (unpaired) electrons. The minimum Gasteiger partial charge on any atom is -0.396 e. The van der Waals surface area contributed by atoms with E-state index in [-0.39, 0.29) is 19.1 Å². The molecule has 0 aliphatic rings. The molecule has 3 nitrogen and oxygen atoms in total. The molecule has 12 heavy (non-hydrogen) atoms. The van der Waals surface area contributed by atoms with Crippen LogP contribution in [0.5, 0.6) is 0 Å². The lowest BCUT2D eigenvalue weighted by Gasteiger charge is -2.03. The lowest BCUT2D eigenvalue weighted by atomic mass is 10.1. The predicted molar refractivity (Wildman–Crippen MR) is 50.1 cm³/mol. The first-order chi connectivity index (χ1) is 5.76. The van der Waals surface area contributed by atoms with E-state index >= 15 is 0 Å². The Balaban J connectivity index is 0. The van der Waals surface area contributed by atoms with E-state index in [0.29, 0.717) is 0 Å². The van der Waals surface area contributed by atoms with E-state index in [1.54, 1.807) is 0 Å². The molecule has 0 saturated carbocycles. The summed E-state index contributed by atoms with van der Waals surface area (Å²) in [7, 11) is 0. The van der Waals surface area contributed by atoms with E-state index in [0.717, 1.165) is 19.6 Å². The van der Waals surface area contributed by atoms with Gasteiger partial charge in [-0.3, -0.25) is 0 Å². The minimum absolute atomic E-state index is 0.0972. The fourth-order valence-electron chi connectivity index (χ4n) is 0.520. The van der Waals surface area contributed by atoms with Gasteiger partial charge in [0.15, 0.2) is 0 Å². The molecule has 76 valence electrons. The normalized spacial score (nSPS) is 9.50. The first kappa shape index (κ1) is 14.4. The highest BCUT2D eigenvalue weighted by atomic mass is 16.5. The van der Waals surface area contributed by atoms with E-state index in [1.807, 2.05) is 20.8 Å². The van der Waals surface area contributed by atoms with Crippen LogP contribution in [0.3, 0.4) is 0 Å². The Hall–Kier alpha value is -0.120. The van der Waals surface area contributed by atoms with Crippen LogP contribution in [0.4, 0.5) is 0 Å². The standard InChI is InChI=1S/C5H12O2.C4H10O/c1-2-5(3-6)4-7;1-3-5-4-2/h5-7H,2-4H2,1H3;3-4H2,1-2H3.